The smallest absolute Gasteiger partial charge is 0.156 e. The third-order valence-corrected chi connectivity index (χ3v) is 5.91. The van der Waals surface area contributed by atoms with E-state index in [-0.39, 0.29) is 0 Å². The molecule has 0 unspecified atom stereocenters. The van der Waals surface area contributed by atoms with Gasteiger partial charge < -0.3 is 10.1 Å². The summed E-state index contributed by atoms with van der Waals surface area (Å²) in [5.41, 5.74) is 0.441. The van der Waals surface area contributed by atoms with Crippen molar-refractivity contribution in [1.29, 1.82) is 0 Å². The average Bonchev–Trinajstić information content (AvgIpc) is 2.98. The summed E-state index contributed by atoms with van der Waals surface area (Å²) in [5.74, 6) is 1.20. The molecule has 1 aliphatic heterocycles. The van der Waals surface area contributed by atoms with E-state index in [1.807, 2.05) is 11.8 Å². The van der Waals surface area contributed by atoms with E-state index in [0.29, 0.717) is 11.5 Å². The van der Waals surface area contributed by atoms with Crippen LogP contribution in [0.4, 0.5) is 0 Å². The van der Waals surface area contributed by atoms with E-state index in [2.05, 4.69) is 19.2 Å². The quantitative estimate of drug-likeness (QED) is 0.759. The number of aliphatic imine (C=N–C) groups is 1. The predicted octanol–water partition coefficient (Wildman–Crippen LogP) is 3.44. The molecule has 1 aliphatic carbocycles. The second-order valence-electron chi connectivity index (χ2n) is 5.82. The average molecular weight is 284 g/mol. The van der Waals surface area contributed by atoms with Crippen molar-refractivity contribution in [2.45, 2.75) is 58.5 Å². The molecule has 0 radical (unpaired) electrons. The normalized spacial score (nSPS) is 23.4. The molecule has 1 fully saturated rings. The minimum atomic E-state index is 0.441. The molecule has 2 aliphatic rings. The van der Waals surface area contributed by atoms with Gasteiger partial charge in [0.05, 0.1) is 12.7 Å². The second-order valence-corrected chi connectivity index (χ2v) is 6.79. The Morgan fingerprint density at radius 3 is 2.63 bits per heavy atom. The van der Waals surface area contributed by atoms with E-state index in [0.717, 1.165) is 24.9 Å². The largest absolute Gasteiger partial charge is 0.376 e. The Labute approximate surface area is 122 Å². The van der Waals surface area contributed by atoms with E-state index in [9.17, 15) is 0 Å². The van der Waals surface area contributed by atoms with Gasteiger partial charge in [-0.1, -0.05) is 38.5 Å². The Balaban J connectivity index is 1.62. The molecular weight excluding hydrogens is 256 g/mol. The van der Waals surface area contributed by atoms with Crippen LogP contribution in [0.1, 0.15) is 52.4 Å². The molecule has 0 bridgehead atoms. The van der Waals surface area contributed by atoms with Crippen LogP contribution in [0.25, 0.3) is 0 Å². The highest BCUT2D eigenvalue weighted by Gasteiger charge is 2.29. The first-order valence-corrected chi connectivity index (χ1v) is 8.79. The van der Waals surface area contributed by atoms with Crippen LogP contribution in [0.3, 0.4) is 0 Å². The van der Waals surface area contributed by atoms with E-state index < -0.39 is 0 Å². The summed E-state index contributed by atoms with van der Waals surface area (Å²) in [6.45, 7) is 7.27. The lowest BCUT2D eigenvalue weighted by Gasteiger charge is -2.33. The van der Waals surface area contributed by atoms with Gasteiger partial charge in [0.2, 0.25) is 0 Å². The standard InChI is InChI=1S/C15H28N2OS/c1-3-15(4-2)11-17-14(19-12-15)16-9-10-18-13-7-5-6-8-13/h13H,3-12H2,1-2H3,(H,16,17). The van der Waals surface area contributed by atoms with Crippen LogP contribution >= 0.6 is 11.8 Å². The van der Waals surface area contributed by atoms with Crippen molar-refractivity contribution < 1.29 is 4.74 Å². The Kier molecular flexibility index (Phi) is 6.02. The summed E-state index contributed by atoms with van der Waals surface area (Å²) in [4.78, 5) is 4.71. The van der Waals surface area contributed by atoms with E-state index in [1.54, 1.807) is 0 Å². The third kappa shape index (κ3) is 4.38. The summed E-state index contributed by atoms with van der Waals surface area (Å²) in [6.07, 6.45) is 8.19. The third-order valence-electron chi connectivity index (χ3n) is 4.61. The molecule has 4 heteroatoms. The summed E-state index contributed by atoms with van der Waals surface area (Å²) < 4.78 is 5.85. The van der Waals surface area contributed by atoms with Gasteiger partial charge >= 0.3 is 0 Å². The molecule has 0 aromatic rings. The summed E-state index contributed by atoms with van der Waals surface area (Å²) in [6, 6.07) is 0. The molecule has 3 nitrogen and oxygen atoms in total. The zero-order valence-corrected chi connectivity index (χ0v) is 13.2. The number of thioether (sulfide) groups is 1. The molecule has 19 heavy (non-hydrogen) atoms. The number of ether oxygens (including phenoxy) is 1. The first-order valence-electron chi connectivity index (χ1n) is 7.81. The van der Waals surface area contributed by atoms with Gasteiger partial charge in [0.1, 0.15) is 0 Å². The Morgan fingerprint density at radius 1 is 1.32 bits per heavy atom. The minimum absolute atomic E-state index is 0.441. The van der Waals surface area contributed by atoms with Gasteiger partial charge in [0, 0.05) is 18.8 Å². The molecule has 0 amide bonds. The highest BCUT2D eigenvalue weighted by molar-refractivity contribution is 8.13. The molecule has 1 saturated carbocycles. The molecule has 1 N–H and O–H groups in total. The van der Waals surface area contributed by atoms with Crippen LogP contribution < -0.4 is 5.32 Å². The number of nitrogens with zero attached hydrogens (tertiary/aromatic N) is 1. The summed E-state index contributed by atoms with van der Waals surface area (Å²) >= 11 is 1.89. The van der Waals surface area contributed by atoms with Crippen LogP contribution in [0.2, 0.25) is 0 Å². The van der Waals surface area contributed by atoms with E-state index >= 15 is 0 Å². The van der Waals surface area contributed by atoms with Crippen LogP contribution in [-0.2, 0) is 4.74 Å². The fraction of sp³-hybridized carbons (Fsp3) is 0.933. The molecule has 110 valence electrons. The maximum absolute atomic E-state index is 5.85. The predicted molar refractivity (Wildman–Crippen MR) is 84.0 cm³/mol. The van der Waals surface area contributed by atoms with Crippen LogP contribution in [0.15, 0.2) is 4.99 Å². The molecular formula is C15H28N2OS. The fourth-order valence-electron chi connectivity index (χ4n) is 2.78. The van der Waals surface area contributed by atoms with Crippen molar-refractivity contribution in [2.24, 2.45) is 10.4 Å². The monoisotopic (exact) mass is 284 g/mol. The lowest BCUT2D eigenvalue weighted by molar-refractivity contribution is 0.0624. The number of hydrogen-bond donors (Lipinski definition) is 1. The lowest BCUT2D eigenvalue weighted by atomic mass is 9.84. The fourth-order valence-corrected chi connectivity index (χ4v) is 4.08. The second kappa shape index (κ2) is 7.53. The van der Waals surface area contributed by atoms with Crippen molar-refractivity contribution in [3.63, 3.8) is 0 Å². The van der Waals surface area contributed by atoms with Crippen LogP contribution in [0, 0.1) is 5.41 Å². The van der Waals surface area contributed by atoms with E-state index in [1.165, 1.54) is 44.3 Å². The lowest BCUT2D eigenvalue weighted by Crippen LogP contribution is -2.35. The molecule has 0 aromatic carbocycles. The topological polar surface area (TPSA) is 33.6 Å². The molecule has 0 aromatic heterocycles. The summed E-state index contributed by atoms with van der Waals surface area (Å²) in [5, 5.41) is 4.54. The highest BCUT2D eigenvalue weighted by Crippen LogP contribution is 2.34. The molecule has 0 saturated heterocycles. The zero-order valence-electron chi connectivity index (χ0n) is 12.4. The Bertz CT molecular complexity index is 297. The number of rotatable bonds is 6. The van der Waals surface area contributed by atoms with Gasteiger partial charge in [0.25, 0.3) is 0 Å². The molecule has 0 spiro atoms. The summed E-state index contributed by atoms with van der Waals surface area (Å²) in [7, 11) is 0. The maximum atomic E-state index is 5.85. The van der Waals surface area contributed by atoms with Gasteiger partial charge in [-0.25, -0.2) is 0 Å². The van der Waals surface area contributed by atoms with E-state index in [4.69, 9.17) is 9.73 Å². The van der Waals surface area contributed by atoms with Gasteiger partial charge in [-0.3, -0.25) is 4.99 Å². The Morgan fingerprint density at radius 2 is 2.05 bits per heavy atom. The van der Waals surface area contributed by atoms with Crippen LogP contribution in [-0.4, -0.2) is 36.7 Å². The first kappa shape index (κ1) is 15.2. The van der Waals surface area contributed by atoms with Gasteiger partial charge in [-0.2, -0.15) is 0 Å². The SMILES string of the molecule is CCC1(CC)CN=C(NCCOC2CCCC2)SC1. The van der Waals surface area contributed by atoms with Crippen molar-refractivity contribution in [3.8, 4) is 0 Å². The van der Waals surface area contributed by atoms with Crippen molar-refractivity contribution in [3.05, 3.63) is 0 Å². The van der Waals surface area contributed by atoms with Crippen molar-refractivity contribution >= 4 is 16.9 Å². The van der Waals surface area contributed by atoms with Gasteiger partial charge in [-0.05, 0) is 31.1 Å². The van der Waals surface area contributed by atoms with Crippen LogP contribution in [0.5, 0.6) is 0 Å². The van der Waals surface area contributed by atoms with Gasteiger partial charge in [-0.15, -0.1) is 0 Å². The Hall–Kier alpha value is -0.220. The van der Waals surface area contributed by atoms with Crippen molar-refractivity contribution in [1.82, 2.24) is 5.32 Å². The van der Waals surface area contributed by atoms with Crippen molar-refractivity contribution in [2.75, 3.05) is 25.4 Å². The molecule has 1 heterocycles. The minimum Gasteiger partial charge on any atom is -0.376 e. The molecule has 0 atom stereocenters. The zero-order chi connectivity index (χ0) is 13.6. The van der Waals surface area contributed by atoms with Gasteiger partial charge in [0.15, 0.2) is 5.17 Å². The number of nitrogens with one attached hydrogen (secondary N) is 1. The first-order chi connectivity index (χ1) is 9.28. The molecule has 2 rings (SSSR count). The number of hydrogen-bond acceptors (Lipinski definition) is 4. The highest BCUT2D eigenvalue weighted by atomic mass is 32.2. The number of amidine groups is 1. The maximum Gasteiger partial charge on any atom is 0.156 e.